The van der Waals surface area contributed by atoms with Crippen molar-refractivity contribution >= 4 is 22.6 Å². The van der Waals surface area contributed by atoms with E-state index >= 15 is 0 Å². The van der Waals surface area contributed by atoms with Gasteiger partial charge in [-0.3, -0.25) is 4.68 Å². The fourth-order valence-electron chi connectivity index (χ4n) is 1.43. The van der Waals surface area contributed by atoms with Crippen LogP contribution in [0.2, 0.25) is 0 Å². The van der Waals surface area contributed by atoms with Crippen molar-refractivity contribution in [2.45, 2.75) is 13.0 Å². The van der Waals surface area contributed by atoms with Crippen LogP contribution in [0.15, 0.2) is 12.4 Å². The average Bonchev–Trinajstić information content (AvgIpc) is 2.63. The molecular formula is C8H11IN2O. The van der Waals surface area contributed by atoms with Gasteiger partial charge in [-0.05, 0) is 29.0 Å². The smallest absolute Gasteiger partial charge is 0.0623 e. The molecule has 1 aliphatic rings. The molecule has 0 amide bonds. The second-order valence-electron chi connectivity index (χ2n) is 3.11. The third-order valence-corrected chi connectivity index (χ3v) is 2.63. The lowest BCUT2D eigenvalue weighted by molar-refractivity contribution is 0.181. The molecule has 4 heteroatoms. The van der Waals surface area contributed by atoms with E-state index < -0.39 is 0 Å². The number of aromatic nitrogens is 2. The van der Waals surface area contributed by atoms with Crippen LogP contribution < -0.4 is 0 Å². The molecular weight excluding hydrogens is 267 g/mol. The van der Waals surface area contributed by atoms with Gasteiger partial charge < -0.3 is 4.74 Å². The van der Waals surface area contributed by atoms with Crippen molar-refractivity contribution in [1.82, 2.24) is 9.78 Å². The molecule has 0 spiro atoms. The standard InChI is InChI=1S/C8H11IN2O/c9-8-3-10-11(5-8)4-7-1-2-12-6-7/h3,5,7H,1-2,4,6H2/t7-/m1/s1. The fourth-order valence-corrected chi connectivity index (χ4v) is 1.88. The first-order chi connectivity index (χ1) is 5.84. The lowest BCUT2D eigenvalue weighted by Gasteiger charge is -2.06. The minimum atomic E-state index is 0.667. The van der Waals surface area contributed by atoms with E-state index in [1.165, 1.54) is 9.99 Å². The Hall–Kier alpha value is -0.100. The molecule has 1 aromatic heterocycles. The number of ether oxygens (including phenoxy) is 1. The molecule has 2 rings (SSSR count). The third kappa shape index (κ3) is 1.98. The Morgan fingerprint density at radius 2 is 2.67 bits per heavy atom. The van der Waals surface area contributed by atoms with E-state index in [1.807, 2.05) is 10.9 Å². The van der Waals surface area contributed by atoms with Crippen LogP contribution in [0.5, 0.6) is 0 Å². The Labute approximate surface area is 85.2 Å². The van der Waals surface area contributed by atoms with Gasteiger partial charge in [-0.25, -0.2) is 0 Å². The van der Waals surface area contributed by atoms with E-state index in [4.69, 9.17) is 4.74 Å². The average molecular weight is 278 g/mol. The Morgan fingerprint density at radius 3 is 3.25 bits per heavy atom. The summed E-state index contributed by atoms with van der Waals surface area (Å²) in [5.74, 6) is 0.667. The zero-order valence-corrected chi connectivity index (χ0v) is 8.90. The molecule has 66 valence electrons. The summed E-state index contributed by atoms with van der Waals surface area (Å²) in [6.07, 6.45) is 5.13. The molecule has 0 aromatic carbocycles. The van der Waals surface area contributed by atoms with Crippen molar-refractivity contribution in [1.29, 1.82) is 0 Å². The molecule has 3 nitrogen and oxygen atoms in total. The summed E-state index contributed by atoms with van der Waals surface area (Å²) in [5, 5.41) is 4.23. The van der Waals surface area contributed by atoms with E-state index in [2.05, 4.69) is 33.9 Å². The van der Waals surface area contributed by atoms with Crippen molar-refractivity contribution in [2.75, 3.05) is 13.2 Å². The predicted octanol–water partition coefficient (Wildman–Crippen LogP) is 1.52. The van der Waals surface area contributed by atoms with Crippen molar-refractivity contribution in [3.63, 3.8) is 0 Å². The normalized spacial score (nSPS) is 23.2. The quantitative estimate of drug-likeness (QED) is 0.767. The summed E-state index contributed by atoms with van der Waals surface area (Å²) in [4.78, 5) is 0. The van der Waals surface area contributed by atoms with Gasteiger partial charge in [0, 0.05) is 25.3 Å². The predicted molar refractivity (Wildman–Crippen MR) is 53.9 cm³/mol. The van der Waals surface area contributed by atoms with Gasteiger partial charge in [-0.15, -0.1) is 0 Å². The maximum absolute atomic E-state index is 5.29. The molecule has 0 aliphatic carbocycles. The molecule has 1 atom stereocenters. The molecule has 0 radical (unpaired) electrons. The van der Waals surface area contributed by atoms with Crippen LogP contribution in [-0.2, 0) is 11.3 Å². The fraction of sp³-hybridized carbons (Fsp3) is 0.625. The molecule has 0 unspecified atom stereocenters. The zero-order chi connectivity index (χ0) is 8.39. The first-order valence-electron chi connectivity index (χ1n) is 4.10. The van der Waals surface area contributed by atoms with E-state index in [-0.39, 0.29) is 0 Å². The van der Waals surface area contributed by atoms with Crippen LogP contribution in [-0.4, -0.2) is 23.0 Å². The molecule has 1 aliphatic heterocycles. The number of hydrogen-bond acceptors (Lipinski definition) is 2. The summed E-state index contributed by atoms with van der Waals surface area (Å²) in [6, 6.07) is 0. The first kappa shape index (κ1) is 8.50. The minimum Gasteiger partial charge on any atom is -0.381 e. The molecule has 0 saturated carbocycles. The van der Waals surface area contributed by atoms with Crippen molar-refractivity contribution < 1.29 is 4.74 Å². The maximum Gasteiger partial charge on any atom is 0.0623 e. The van der Waals surface area contributed by atoms with Gasteiger partial charge in [0.2, 0.25) is 0 Å². The second-order valence-corrected chi connectivity index (χ2v) is 4.36. The largest absolute Gasteiger partial charge is 0.381 e. The van der Waals surface area contributed by atoms with E-state index in [9.17, 15) is 0 Å². The van der Waals surface area contributed by atoms with Crippen molar-refractivity contribution in [3.05, 3.63) is 16.0 Å². The Bertz CT molecular complexity index is 255. The Kier molecular flexibility index (Phi) is 2.65. The number of nitrogens with zero attached hydrogens (tertiary/aromatic N) is 2. The van der Waals surface area contributed by atoms with Crippen LogP contribution in [0.3, 0.4) is 0 Å². The summed E-state index contributed by atoms with van der Waals surface area (Å²) in [5.41, 5.74) is 0. The summed E-state index contributed by atoms with van der Waals surface area (Å²) < 4.78 is 8.49. The lowest BCUT2D eigenvalue weighted by atomic mass is 10.1. The molecule has 12 heavy (non-hydrogen) atoms. The van der Waals surface area contributed by atoms with Crippen LogP contribution in [0.25, 0.3) is 0 Å². The SMILES string of the molecule is Ic1cnn(C[C@H]2CCOC2)c1. The summed E-state index contributed by atoms with van der Waals surface area (Å²) >= 11 is 2.27. The van der Waals surface area contributed by atoms with Gasteiger partial charge in [0.25, 0.3) is 0 Å². The summed E-state index contributed by atoms with van der Waals surface area (Å²) in [7, 11) is 0. The van der Waals surface area contributed by atoms with Crippen LogP contribution >= 0.6 is 22.6 Å². The van der Waals surface area contributed by atoms with Crippen molar-refractivity contribution in [3.8, 4) is 0 Å². The lowest BCUT2D eigenvalue weighted by Crippen LogP contribution is -2.10. The van der Waals surface area contributed by atoms with E-state index in [1.54, 1.807) is 0 Å². The van der Waals surface area contributed by atoms with Gasteiger partial charge in [-0.2, -0.15) is 5.10 Å². The molecule has 1 saturated heterocycles. The monoisotopic (exact) mass is 278 g/mol. The van der Waals surface area contributed by atoms with Crippen molar-refractivity contribution in [2.24, 2.45) is 5.92 Å². The molecule has 0 bridgehead atoms. The number of halogens is 1. The van der Waals surface area contributed by atoms with Gasteiger partial charge in [0.15, 0.2) is 0 Å². The highest BCUT2D eigenvalue weighted by atomic mass is 127. The molecule has 1 aromatic rings. The highest BCUT2D eigenvalue weighted by molar-refractivity contribution is 14.1. The molecule has 1 fully saturated rings. The van der Waals surface area contributed by atoms with Crippen LogP contribution in [0, 0.1) is 9.49 Å². The third-order valence-electron chi connectivity index (χ3n) is 2.07. The number of hydrogen-bond donors (Lipinski definition) is 0. The van der Waals surface area contributed by atoms with Gasteiger partial charge in [0.1, 0.15) is 0 Å². The van der Waals surface area contributed by atoms with E-state index in [0.29, 0.717) is 5.92 Å². The van der Waals surface area contributed by atoms with Crippen LogP contribution in [0.1, 0.15) is 6.42 Å². The second kappa shape index (κ2) is 3.74. The van der Waals surface area contributed by atoms with Gasteiger partial charge in [0.05, 0.1) is 16.4 Å². The van der Waals surface area contributed by atoms with E-state index in [0.717, 1.165) is 19.8 Å². The minimum absolute atomic E-state index is 0.667. The zero-order valence-electron chi connectivity index (χ0n) is 6.74. The molecule has 0 N–H and O–H groups in total. The molecule has 2 heterocycles. The first-order valence-corrected chi connectivity index (χ1v) is 5.18. The summed E-state index contributed by atoms with van der Waals surface area (Å²) in [6.45, 7) is 2.82. The van der Waals surface area contributed by atoms with Gasteiger partial charge >= 0.3 is 0 Å². The topological polar surface area (TPSA) is 27.1 Å². The van der Waals surface area contributed by atoms with Crippen LogP contribution in [0.4, 0.5) is 0 Å². The number of rotatable bonds is 2. The Morgan fingerprint density at radius 1 is 1.75 bits per heavy atom. The van der Waals surface area contributed by atoms with Gasteiger partial charge in [-0.1, -0.05) is 0 Å². The Balaban J connectivity index is 1.94. The highest BCUT2D eigenvalue weighted by Gasteiger charge is 2.16. The maximum atomic E-state index is 5.29. The highest BCUT2D eigenvalue weighted by Crippen LogP contribution is 2.14.